The van der Waals surface area contributed by atoms with Crippen LogP contribution in [0, 0.1) is 0 Å². The minimum absolute atomic E-state index is 0.0399. The average Bonchev–Trinajstić information content (AvgIpc) is 2.56. The molecule has 1 saturated heterocycles. The van der Waals surface area contributed by atoms with E-state index in [0.717, 1.165) is 23.3 Å². The third kappa shape index (κ3) is 6.41. The Morgan fingerprint density at radius 3 is 2.48 bits per heavy atom. The summed E-state index contributed by atoms with van der Waals surface area (Å²) >= 11 is 0. The number of hydrogen-bond acceptors (Lipinski definition) is 3. The second kappa shape index (κ2) is 9.31. The molecule has 0 unspecified atom stereocenters. The van der Waals surface area contributed by atoms with E-state index >= 15 is 0 Å². The quantitative estimate of drug-likeness (QED) is 0.680. The van der Waals surface area contributed by atoms with E-state index < -0.39 is 10.0 Å². The lowest BCUT2D eigenvalue weighted by Crippen LogP contribution is -3.15. The summed E-state index contributed by atoms with van der Waals surface area (Å²) in [5.41, 5.74) is 0.807. The molecule has 0 saturated carbocycles. The molecule has 2 N–H and O–H groups in total. The van der Waals surface area contributed by atoms with E-state index in [9.17, 15) is 13.2 Å². The van der Waals surface area contributed by atoms with Crippen LogP contribution in [-0.4, -0.2) is 57.4 Å². The predicted octanol–water partition coefficient (Wildman–Crippen LogP) is 0.0217. The first kappa shape index (κ1) is 19.9. The van der Waals surface area contributed by atoms with Crippen molar-refractivity contribution in [2.75, 3.05) is 32.7 Å². The van der Waals surface area contributed by atoms with Gasteiger partial charge in [-0.05, 0) is 18.9 Å². The molecule has 1 aliphatic rings. The summed E-state index contributed by atoms with van der Waals surface area (Å²) < 4.78 is 26.6. The first-order valence-electron chi connectivity index (χ1n) is 9.05. The molecule has 0 aliphatic carbocycles. The van der Waals surface area contributed by atoms with Crippen molar-refractivity contribution in [1.82, 2.24) is 9.62 Å². The summed E-state index contributed by atoms with van der Waals surface area (Å²) in [4.78, 5) is 13.2. The predicted molar refractivity (Wildman–Crippen MR) is 98.7 cm³/mol. The van der Waals surface area contributed by atoms with Crippen molar-refractivity contribution in [2.45, 2.75) is 38.5 Å². The van der Waals surface area contributed by atoms with E-state index in [2.05, 4.69) is 12.2 Å². The van der Waals surface area contributed by atoms with Gasteiger partial charge in [0.1, 0.15) is 0 Å². The van der Waals surface area contributed by atoms with Crippen LogP contribution in [0.2, 0.25) is 0 Å². The van der Waals surface area contributed by atoms with E-state index in [0.29, 0.717) is 32.7 Å². The molecule has 1 fully saturated rings. The van der Waals surface area contributed by atoms with Crippen LogP contribution in [0.1, 0.15) is 32.3 Å². The van der Waals surface area contributed by atoms with Crippen molar-refractivity contribution >= 4 is 15.9 Å². The lowest BCUT2D eigenvalue weighted by molar-refractivity contribution is -0.895. The molecule has 25 heavy (non-hydrogen) atoms. The number of amides is 1. The number of rotatable bonds is 8. The van der Waals surface area contributed by atoms with Gasteiger partial charge in [-0.2, -0.15) is 4.31 Å². The third-order valence-corrected chi connectivity index (χ3v) is 6.40. The number of nitrogens with one attached hydrogen (secondary N) is 2. The van der Waals surface area contributed by atoms with Crippen LogP contribution in [-0.2, 0) is 20.6 Å². The number of carbonyl (C=O) groups excluding carboxylic acids is 1. The van der Waals surface area contributed by atoms with Gasteiger partial charge in [0, 0.05) is 6.04 Å². The molecule has 2 rings (SSSR count). The fourth-order valence-electron chi connectivity index (χ4n) is 3.19. The Morgan fingerprint density at radius 1 is 1.24 bits per heavy atom. The van der Waals surface area contributed by atoms with Crippen molar-refractivity contribution in [2.24, 2.45) is 0 Å². The normalized spacial score (nSPS) is 18.0. The van der Waals surface area contributed by atoms with E-state index in [4.69, 9.17) is 0 Å². The molecule has 1 aromatic carbocycles. The Morgan fingerprint density at radius 2 is 1.88 bits per heavy atom. The van der Waals surface area contributed by atoms with Gasteiger partial charge in [0.05, 0.1) is 31.9 Å². The summed E-state index contributed by atoms with van der Waals surface area (Å²) in [5, 5.41) is 3.01. The van der Waals surface area contributed by atoms with Crippen molar-refractivity contribution in [3.63, 3.8) is 0 Å². The zero-order valence-electron chi connectivity index (χ0n) is 15.2. The second-order valence-corrected chi connectivity index (χ2v) is 8.79. The van der Waals surface area contributed by atoms with Crippen LogP contribution < -0.4 is 10.2 Å². The average molecular weight is 369 g/mol. The maximum absolute atomic E-state index is 12.5. The third-order valence-electron chi connectivity index (χ3n) is 4.55. The summed E-state index contributed by atoms with van der Waals surface area (Å²) in [7, 11) is -3.30. The van der Waals surface area contributed by atoms with Gasteiger partial charge < -0.3 is 10.2 Å². The van der Waals surface area contributed by atoms with E-state index in [1.165, 1.54) is 0 Å². The highest BCUT2D eigenvalue weighted by Crippen LogP contribution is 2.10. The zero-order chi connectivity index (χ0) is 18.3. The molecule has 7 heteroatoms. The summed E-state index contributed by atoms with van der Waals surface area (Å²) in [6, 6.07) is 9.45. The van der Waals surface area contributed by atoms with Gasteiger partial charge >= 0.3 is 0 Å². The fourth-order valence-corrected chi connectivity index (χ4v) is 4.73. The number of nitrogens with zero attached hydrogens (tertiary/aromatic N) is 1. The minimum Gasteiger partial charge on any atom is -0.349 e. The molecule has 0 aromatic heterocycles. The van der Waals surface area contributed by atoms with Crippen molar-refractivity contribution < 1.29 is 18.1 Å². The smallest absolute Gasteiger partial charge is 0.275 e. The van der Waals surface area contributed by atoms with E-state index in [-0.39, 0.29) is 17.7 Å². The molecule has 6 nitrogen and oxygen atoms in total. The van der Waals surface area contributed by atoms with Gasteiger partial charge in [-0.1, -0.05) is 43.7 Å². The summed E-state index contributed by atoms with van der Waals surface area (Å²) in [6.45, 7) is 6.83. The van der Waals surface area contributed by atoms with Gasteiger partial charge in [-0.3, -0.25) is 4.79 Å². The van der Waals surface area contributed by atoms with Gasteiger partial charge in [0.2, 0.25) is 10.0 Å². The van der Waals surface area contributed by atoms with Crippen molar-refractivity contribution in [3.05, 3.63) is 35.9 Å². The standard InChI is InChI=1S/C18H29N3O3S/c1-3-7-16(2)19-18(22)14-20-10-12-21(13-11-20)25(23,24)15-17-8-5-4-6-9-17/h4-6,8-9,16H,3,7,10-15H2,1-2H3,(H,19,22)/p+1/t16-/m1/s1. The Hall–Kier alpha value is -1.44. The molecule has 1 atom stereocenters. The molecule has 140 valence electrons. The number of quaternary nitrogens is 1. The van der Waals surface area contributed by atoms with Gasteiger partial charge in [-0.15, -0.1) is 0 Å². The highest BCUT2D eigenvalue weighted by Gasteiger charge is 2.30. The fraction of sp³-hybridized carbons (Fsp3) is 0.611. The Balaban J connectivity index is 1.80. The van der Waals surface area contributed by atoms with Crippen LogP contribution in [0.25, 0.3) is 0 Å². The lowest BCUT2D eigenvalue weighted by atomic mass is 10.2. The monoisotopic (exact) mass is 368 g/mol. The molecular weight excluding hydrogens is 338 g/mol. The molecular formula is C18H30N3O3S+. The lowest BCUT2D eigenvalue weighted by Gasteiger charge is -2.31. The first-order chi connectivity index (χ1) is 11.9. The number of carbonyl (C=O) groups is 1. The minimum atomic E-state index is -3.30. The number of hydrogen-bond donors (Lipinski definition) is 2. The zero-order valence-corrected chi connectivity index (χ0v) is 16.0. The maximum atomic E-state index is 12.5. The topological polar surface area (TPSA) is 70.9 Å². The van der Waals surface area contributed by atoms with Crippen LogP contribution in [0.4, 0.5) is 0 Å². The Bertz CT molecular complexity index is 641. The molecule has 1 aromatic rings. The largest absolute Gasteiger partial charge is 0.349 e. The van der Waals surface area contributed by atoms with Gasteiger partial charge in [0.15, 0.2) is 6.54 Å². The van der Waals surface area contributed by atoms with Crippen LogP contribution >= 0.6 is 0 Å². The van der Waals surface area contributed by atoms with E-state index in [1.54, 1.807) is 4.31 Å². The maximum Gasteiger partial charge on any atom is 0.275 e. The molecule has 0 radical (unpaired) electrons. The van der Waals surface area contributed by atoms with Crippen LogP contribution in [0.3, 0.4) is 0 Å². The van der Waals surface area contributed by atoms with Crippen LogP contribution in [0.15, 0.2) is 30.3 Å². The van der Waals surface area contributed by atoms with Crippen molar-refractivity contribution in [3.8, 4) is 0 Å². The highest BCUT2D eigenvalue weighted by atomic mass is 32.2. The van der Waals surface area contributed by atoms with Gasteiger partial charge in [-0.25, -0.2) is 8.42 Å². The molecule has 1 heterocycles. The van der Waals surface area contributed by atoms with E-state index in [1.807, 2.05) is 37.3 Å². The molecule has 0 spiro atoms. The second-order valence-electron chi connectivity index (χ2n) is 6.82. The number of piperazine rings is 1. The molecule has 0 bridgehead atoms. The molecule has 1 aliphatic heterocycles. The van der Waals surface area contributed by atoms with Gasteiger partial charge in [0.25, 0.3) is 5.91 Å². The van der Waals surface area contributed by atoms with Crippen LogP contribution in [0.5, 0.6) is 0 Å². The Labute approximate surface area is 151 Å². The summed E-state index contributed by atoms with van der Waals surface area (Å²) in [6.07, 6.45) is 2.03. The Kier molecular flexibility index (Phi) is 7.40. The first-order valence-corrected chi connectivity index (χ1v) is 10.7. The SMILES string of the molecule is CCC[C@@H](C)NC(=O)C[NH+]1CCN(S(=O)(=O)Cc2ccccc2)CC1. The summed E-state index contributed by atoms with van der Waals surface area (Å²) in [5.74, 6) is 0.0922. The van der Waals surface area contributed by atoms with Crippen molar-refractivity contribution in [1.29, 1.82) is 0 Å². The highest BCUT2D eigenvalue weighted by molar-refractivity contribution is 7.88. The number of sulfonamides is 1. The molecule has 1 amide bonds. The number of benzene rings is 1.